The molecule has 0 saturated carbocycles. The molecule has 0 aromatic rings. The van der Waals surface area contributed by atoms with Gasteiger partial charge in [-0.2, -0.15) is 0 Å². The van der Waals surface area contributed by atoms with Crippen LogP contribution in [0.5, 0.6) is 0 Å². The van der Waals surface area contributed by atoms with Crippen LogP contribution in [0.15, 0.2) is 0 Å². The van der Waals surface area contributed by atoms with E-state index in [1.54, 1.807) is 0 Å². The molecule has 0 radical (unpaired) electrons. The molecule has 42 valence electrons. The average Bonchev–Trinajstić information content (AvgIpc) is 1.91. The summed E-state index contributed by atoms with van der Waals surface area (Å²) in [7, 11) is 0. The third-order valence-electron chi connectivity index (χ3n) is 1.11. The Kier molecular flexibility index (Phi) is 1.67. The molecule has 1 rings (SSSR count). The first kappa shape index (κ1) is 5.54. The van der Waals surface area contributed by atoms with Crippen LogP contribution in [0.3, 0.4) is 0 Å². The van der Waals surface area contributed by atoms with Gasteiger partial charge in [0.05, 0.1) is 10.9 Å². The van der Waals surface area contributed by atoms with E-state index in [1.807, 2.05) is 0 Å². The van der Waals surface area contributed by atoms with E-state index in [0.29, 0.717) is 0 Å². The van der Waals surface area contributed by atoms with E-state index in [9.17, 15) is 0 Å². The van der Waals surface area contributed by atoms with Gasteiger partial charge in [0.25, 0.3) is 0 Å². The van der Waals surface area contributed by atoms with Crippen molar-refractivity contribution in [3.8, 4) is 0 Å². The first-order chi connectivity index (χ1) is 3.30. The zero-order chi connectivity index (χ0) is 5.28. The van der Waals surface area contributed by atoms with Crippen molar-refractivity contribution in [2.45, 2.75) is 10.9 Å². The highest BCUT2D eigenvalue weighted by atomic mass is 79.9. The van der Waals surface area contributed by atoms with Gasteiger partial charge in [0.15, 0.2) is 0 Å². The third-order valence-corrected chi connectivity index (χ3v) is 2.04. The number of rotatable bonds is 0. The van der Waals surface area contributed by atoms with E-state index in [-0.39, 0.29) is 10.9 Å². The Balaban J connectivity index is 2.33. The van der Waals surface area contributed by atoms with Crippen molar-refractivity contribution in [3.63, 3.8) is 0 Å². The standard InChI is InChI=1S/C4H8BrNO/c5-3-1-6-2-4(3)7/h3-4,6-7H,1-2H2/t3-,4-/m0/s1. The molecule has 1 aliphatic heterocycles. The van der Waals surface area contributed by atoms with Crippen molar-refractivity contribution >= 4 is 15.9 Å². The second-order valence-corrected chi connectivity index (χ2v) is 2.92. The van der Waals surface area contributed by atoms with E-state index in [1.165, 1.54) is 0 Å². The summed E-state index contributed by atoms with van der Waals surface area (Å²) in [5.74, 6) is 0. The van der Waals surface area contributed by atoms with E-state index in [4.69, 9.17) is 5.11 Å². The maximum Gasteiger partial charge on any atom is 0.0801 e. The summed E-state index contributed by atoms with van der Waals surface area (Å²) in [6.07, 6.45) is -0.181. The molecule has 0 aliphatic carbocycles. The number of aliphatic hydroxyl groups excluding tert-OH is 1. The predicted octanol–water partition coefficient (Wildman–Crippen LogP) is -0.286. The Morgan fingerprint density at radius 3 is 2.43 bits per heavy atom. The molecule has 1 fully saturated rings. The van der Waals surface area contributed by atoms with Crippen molar-refractivity contribution < 1.29 is 5.11 Å². The summed E-state index contributed by atoms with van der Waals surface area (Å²) < 4.78 is 0. The molecule has 3 heteroatoms. The van der Waals surface area contributed by atoms with Gasteiger partial charge in [0, 0.05) is 13.1 Å². The highest BCUT2D eigenvalue weighted by Gasteiger charge is 2.20. The van der Waals surface area contributed by atoms with Crippen LogP contribution in [0.25, 0.3) is 0 Å². The molecule has 1 saturated heterocycles. The van der Waals surface area contributed by atoms with Crippen molar-refractivity contribution in [1.82, 2.24) is 5.32 Å². The van der Waals surface area contributed by atoms with Crippen LogP contribution >= 0.6 is 15.9 Å². The summed E-state index contributed by atoms with van der Waals surface area (Å²) >= 11 is 3.29. The summed E-state index contributed by atoms with van der Waals surface area (Å²) in [4.78, 5) is 0.271. The molecule has 1 aliphatic rings. The monoisotopic (exact) mass is 165 g/mol. The Morgan fingerprint density at radius 2 is 2.29 bits per heavy atom. The molecule has 0 bridgehead atoms. The van der Waals surface area contributed by atoms with Gasteiger partial charge in [0.2, 0.25) is 0 Å². The molecule has 2 nitrogen and oxygen atoms in total. The lowest BCUT2D eigenvalue weighted by Gasteiger charge is -2.00. The largest absolute Gasteiger partial charge is 0.391 e. The number of aliphatic hydroxyl groups is 1. The fourth-order valence-electron chi connectivity index (χ4n) is 0.633. The van der Waals surface area contributed by atoms with Crippen molar-refractivity contribution in [3.05, 3.63) is 0 Å². The van der Waals surface area contributed by atoms with Crippen LogP contribution in [-0.4, -0.2) is 29.1 Å². The molecule has 0 spiro atoms. The quantitative estimate of drug-likeness (QED) is 0.485. The molecular weight excluding hydrogens is 158 g/mol. The lowest BCUT2D eigenvalue weighted by Crippen LogP contribution is -2.16. The zero-order valence-electron chi connectivity index (χ0n) is 3.89. The number of hydrogen-bond acceptors (Lipinski definition) is 2. The summed E-state index contributed by atoms with van der Waals surface area (Å²) in [6, 6.07) is 0. The van der Waals surface area contributed by atoms with E-state index in [2.05, 4.69) is 21.2 Å². The van der Waals surface area contributed by atoms with E-state index < -0.39 is 0 Å². The number of halogens is 1. The molecule has 7 heavy (non-hydrogen) atoms. The summed E-state index contributed by atoms with van der Waals surface area (Å²) in [6.45, 7) is 1.62. The molecule has 2 N–H and O–H groups in total. The van der Waals surface area contributed by atoms with Gasteiger partial charge in [-0.1, -0.05) is 15.9 Å². The first-order valence-electron chi connectivity index (χ1n) is 2.33. The van der Waals surface area contributed by atoms with Gasteiger partial charge in [-0.3, -0.25) is 0 Å². The Bertz CT molecular complexity index is 60.7. The third kappa shape index (κ3) is 1.15. The topological polar surface area (TPSA) is 32.3 Å². The average molecular weight is 166 g/mol. The van der Waals surface area contributed by atoms with Gasteiger partial charge in [-0.15, -0.1) is 0 Å². The van der Waals surface area contributed by atoms with Crippen LogP contribution in [0.2, 0.25) is 0 Å². The van der Waals surface area contributed by atoms with Crippen LogP contribution < -0.4 is 5.32 Å². The normalized spacial score (nSPS) is 42.0. The first-order valence-corrected chi connectivity index (χ1v) is 3.25. The van der Waals surface area contributed by atoms with Gasteiger partial charge in [0.1, 0.15) is 0 Å². The molecular formula is C4H8BrNO. The zero-order valence-corrected chi connectivity index (χ0v) is 5.48. The van der Waals surface area contributed by atoms with Crippen LogP contribution in [-0.2, 0) is 0 Å². The van der Waals surface area contributed by atoms with Crippen molar-refractivity contribution in [2.24, 2.45) is 0 Å². The molecule has 0 amide bonds. The molecule has 0 aromatic carbocycles. The predicted molar refractivity (Wildman–Crippen MR) is 31.6 cm³/mol. The Hall–Kier alpha value is 0.400. The summed E-state index contributed by atoms with van der Waals surface area (Å²) in [5, 5.41) is 11.9. The molecule has 0 aromatic heterocycles. The second kappa shape index (κ2) is 2.11. The minimum absolute atomic E-state index is 0.181. The summed E-state index contributed by atoms with van der Waals surface area (Å²) in [5.41, 5.74) is 0. The van der Waals surface area contributed by atoms with Crippen LogP contribution in [0, 0.1) is 0 Å². The molecule has 2 atom stereocenters. The molecule has 1 heterocycles. The van der Waals surface area contributed by atoms with E-state index >= 15 is 0 Å². The number of alkyl halides is 1. The van der Waals surface area contributed by atoms with Crippen LogP contribution in [0.4, 0.5) is 0 Å². The highest BCUT2D eigenvalue weighted by Crippen LogP contribution is 2.08. The van der Waals surface area contributed by atoms with Crippen molar-refractivity contribution in [2.75, 3.05) is 13.1 Å². The smallest absolute Gasteiger partial charge is 0.0801 e. The number of hydrogen-bond donors (Lipinski definition) is 2. The van der Waals surface area contributed by atoms with Crippen molar-refractivity contribution in [1.29, 1.82) is 0 Å². The fraction of sp³-hybridized carbons (Fsp3) is 1.00. The lowest BCUT2D eigenvalue weighted by molar-refractivity contribution is 0.202. The van der Waals surface area contributed by atoms with Gasteiger partial charge < -0.3 is 10.4 Å². The molecule has 0 unspecified atom stereocenters. The number of nitrogens with one attached hydrogen (secondary N) is 1. The highest BCUT2D eigenvalue weighted by molar-refractivity contribution is 9.09. The SMILES string of the molecule is O[C@H]1CNC[C@@H]1Br. The van der Waals surface area contributed by atoms with Crippen LogP contribution in [0.1, 0.15) is 0 Å². The van der Waals surface area contributed by atoms with E-state index in [0.717, 1.165) is 13.1 Å². The fourth-order valence-corrected chi connectivity index (χ4v) is 1.05. The van der Waals surface area contributed by atoms with Gasteiger partial charge in [-0.25, -0.2) is 0 Å². The lowest BCUT2D eigenvalue weighted by atomic mass is 10.3. The maximum absolute atomic E-state index is 8.89. The maximum atomic E-state index is 8.89. The Morgan fingerprint density at radius 1 is 1.57 bits per heavy atom. The van der Waals surface area contributed by atoms with Gasteiger partial charge in [-0.05, 0) is 0 Å². The number of β-amino-alcohol motifs (C(OH)–C–C–N with tert-alkyl or cyclic N) is 1. The second-order valence-electron chi connectivity index (χ2n) is 1.74. The van der Waals surface area contributed by atoms with Gasteiger partial charge >= 0.3 is 0 Å². The minimum Gasteiger partial charge on any atom is -0.391 e. The Labute approximate surface area is 51.0 Å². The minimum atomic E-state index is -0.181.